The molecular weight excluding hydrogens is 326 g/mol. The molecule has 1 fully saturated rings. The molecule has 1 saturated heterocycles. The summed E-state index contributed by atoms with van der Waals surface area (Å²) in [4.78, 5) is 27.1. The fraction of sp³-hybridized carbons (Fsp3) is 0.556. The van der Waals surface area contributed by atoms with Crippen molar-refractivity contribution in [1.82, 2.24) is 10.2 Å². The lowest BCUT2D eigenvalue weighted by Crippen LogP contribution is -2.53. The molecule has 0 bridgehead atoms. The first-order chi connectivity index (χ1) is 11.4. The molecule has 2 rings (SSSR count). The van der Waals surface area contributed by atoms with Gasteiger partial charge in [0.15, 0.2) is 0 Å². The molecule has 132 valence electrons. The van der Waals surface area contributed by atoms with Crippen LogP contribution in [0.15, 0.2) is 24.3 Å². The van der Waals surface area contributed by atoms with Gasteiger partial charge in [0.05, 0.1) is 0 Å². The van der Waals surface area contributed by atoms with E-state index in [4.69, 9.17) is 17.3 Å². The van der Waals surface area contributed by atoms with Gasteiger partial charge in [-0.2, -0.15) is 0 Å². The standard InChI is InChI=1S/C18H26ClN3O2/c1-12(2)16(18(24)22-9-7-13(11-20)8-10-22)21-17(23)14-3-5-15(19)6-4-14/h3-6,12-13,16H,7-11,20H2,1-2H3,(H,21,23). The van der Waals surface area contributed by atoms with Crippen LogP contribution < -0.4 is 11.1 Å². The fourth-order valence-electron chi connectivity index (χ4n) is 2.93. The second-order valence-electron chi connectivity index (χ2n) is 6.71. The zero-order valence-electron chi connectivity index (χ0n) is 14.3. The van der Waals surface area contributed by atoms with Crippen LogP contribution in [-0.4, -0.2) is 42.4 Å². The number of rotatable bonds is 5. The van der Waals surface area contributed by atoms with Crippen molar-refractivity contribution in [2.45, 2.75) is 32.7 Å². The molecule has 1 aliphatic rings. The third kappa shape index (κ3) is 4.71. The van der Waals surface area contributed by atoms with Gasteiger partial charge in [0, 0.05) is 23.7 Å². The lowest BCUT2D eigenvalue weighted by molar-refractivity contribution is -0.135. The first-order valence-electron chi connectivity index (χ1n) is 8.47. The number of halogens is 1. The average molecular weight is 352 g/mol. The van der Waals surface area contributed by atoms with Crippen LogP contribution >= 0.6 is 11.6 Å². The van der Waals surface area contributed by atoms with Crippen LogP contribution in [0.3, 0.4) is 0 Å². The molecule has 5 nitrogen and oxygen atoms in total. The minimum absolute atomic E-state index is 0.0113. The highest BCUT2D eigenvalue weighted by molar-refractivity contribution is 6.30. The van der Waals surface area contributed by atoms with E-state index in [1.54, 1.807) is 24.3 Å². The maximum absolute atomic E-state index is 12.8. The summed E-state index contributed by atoms with van der Waals surface area (Å²) in [6.07, 6.45) is 1.86. The molecule has 1 aromatic carbocycles. The van der Waals surface area contributed by atoms with Gasteiger partial charge >= 0.3 is 0 Å². The Kier molecular flexibility index (Phi) is 6.63. The van der Waals surface area contributed by atoms with E-state index in [0.29, 0.717) is 36.1 Å². The van der Waals surface area contributed by atoms with Crippen LogP contribution in [0.4, 0.5) is 0 Å². The minimum Gasteiger partial charge on any atom is -0.341 e. The number of nitrogens with two attached hydrogens (primary N) is 1. The Bertz CT molecular complexity index is 566. The number of nitrogens with one attached hydrogen (secondary N) is 1. The Morgan fingerprint density at radius 2 is 1.83 bits per heavy atom. The fourth-order valence-corrected chi connectivity index (χ4v) is 3.05. The molecule has 3 N–H and O–H groups in total. The van der Waals surface area contributed by atoms with Crippen molar-refractivity contribution < 1.29 is 9.59 Å². The SMILES string of the molecule is CC(C)C(NC(=O)c1ccc(Cl)cc1)C(=O)N1CCC(CN)CC1. The summed E-state index contributed by atoms with van der Waals surface area (Å²) < 4.78 is 0. The summed E-state index contributed by atoms with van der Waals surface area (Å²) in [5.74, 6) is 0.245. The minimum atomic E-state index is -0.525. The van der Waals surface area contributed by atoms with E-state index in [1.165, 1.54) is 0 Å². The van der Waals surface area contributed by atoms with E-state index < -0.39 is 6.04 Å². The highest BCUT2D eigenvalue weighted by Gasteiger charge is 2.31. The van der Waals surface area contributed by atoms with E-state index in [0.717, 1.165) is 12.8 Å². The summed E-state index contributed by atoms with van der Waals surface area (Å²) >= 11 is 5.85. The van der Waals surface area contributed by atoms with E-state index in [9.17, 15) is 9.59 Å². The Balaban J connectivity index is 2.02. The third-order valence-electron chi connectivity index (χ3n) is 4.59. The third-order valence-corrected chi connectivity index (χ3v) is 4.84. The van der Waals surface area contributed by atoms with Gasteiger partial charge < -0.3 is 16.0 Å². The Hall–Kier alpha value is -1.59. The lowest BCUT2D eigenvalue weighted by atomic mass is 9.95. The molecular formula is C18H26ClN3O2. The van der Waals surface area contributed by atoms with Gasteiger partial charge in [-0.05, 0) is 55.5 Å². The Morgan fingerprint density at radius 3 is 2.33 bits per heavy atom. The van der Waals surface area contributed by atoms with E-state index in [1.807, 2.05) is 18.7 Å². The number of carbonyl (C=O) groups excluding carboxylic acids is 2. The maximum atomic E-state index is 12.8. The lowest BCUT2D eigenvalue weighted by Gasteiger charge is -2.35. The predicted molar refractivity (Wildman–Crippen MR) is 95.9 cm³/mol. The van der Waals surface area contributed by atoms with Crippen molar-refractivity contribution in [3.05, 3.63) is 34.9 Å². The van der Waals surface area contributed by atoms with Crippen LogP contribution in [0.5, 0.6) is 0 Å². The number of likely N-dealkylation sites (tertiary alicyclic amines) is 1. The smallest absolute Gasteiger partial charge is 0.251 e. The molecule has 0 aromatic heterocycles. The topological polar surface area (TPSA) is 75.4 Å². The number of amides is 2. The van der Waals surface area contributed by atoms with Crippen LogP contribution in [-0.2, 0) is 4.79 Å². The molecule has 6 heteroatoms. The number of hydrogen-bond donors (Lipinski definition) is 2. The normalized spacial score (nSPS) is 17.0. The van der Waals surface area contributed by atoms with Gasteiger partial charge in [0.2, 0.25) is 5.91 Å². The number of nitrogens with zero attached hydrogens (tertiary/aromatic N) is 1. The van der Waals surface area contributed by atoms with Crippen LogP contribution in [0.25, 0.3) is 0 Å². The summed E-state index contributed by atoms with van der Waals surface area (Å²) in [7, 11) is 0. The molecule has 0 radical (unpaired) electrons. The van der Waals surface area contributed by atoms with E-state index in [2.05, 4.69) is 5.32 Å². The number of carbonyl (C=O) groups is 2. The van der Waals surface area contributed by atoms with Gasteiger partial charge in [-0.15, -0.1) is 0 Å². The van der Waals surface area contributed by atoms with Crippen LogP contribution in [0.2, 0.25) is 5.02 Å². The molecule has 0 saturated carbocycles. The molecule has 2 amide bonds. The van der Waals surface area contributed by atoms with Crippen molar-refractivity contribution in [3.63, 3.8) is 0 Å². The van der Waals surface area contributed by atoms with Crippen LogP contribution in [0.1, 0.15) is 37.0 Å². The Morgan fingerprint density at radius 1 is 1.25 bits per heavy atom. The molecule has 1 aliphatic heterocycles. The Labute approximate surface area is 148 Å². The largest absolute Gasteiger partial charge is 0.341 e. The van der Waals surface area contributed by atoms with Crippen LogP contribution in [0, 0.1) is 11.8 Å². The molecule has 1 aromatic rings. The molecule has 0 aliphatic carbocycles. The van der Waals surface area contributed by atoms with Crippen molar-refractivity contribution in [2.75, 3.05) is 19.6 Å². The highest BCUT2D eigenvalue weighted by Crippen LogP contribution is 2.18. The zero-order valence-corrected chi connectivity index (χ0v) is 15.1. The second kappa shape index (κ2) is 8.49. The monoisotopic (exact) mass is 351 g/mol. The van der Waals surface area contributed by atoms with E-state index in [-0.39, 0.29) is 17.7 Å². The first kappa shape index (κ1) is 18.7. The van der Waals surface area contributed by atoms with Gasteiger partial charge in [-0.1, -0.05) is 25.4 Å². The molecule has 24 heavy (non-hydrogen) atoms. The molecule has 1 heterocycles. The maximum Gasteiger partial charge on any atom is 0.251 e. The molecule has 1 unspecified atom stereocenters. The first-order valence-corrected chi connectivity index (χ1v) is 8.85. The highest BCUT2D eigenvalue weighted by atomic mass is 35.5. The van der Waals surface area contributed by atoms with Crippen molar-refractivity contribution in [3.8, 4) is 0 Å². The summed E-state index contributed by atoms with van der Waals surface area (Å²) in [6.45, 7) is 5.97. The second-order valence-corrected chi connectivity index (χ2v) is 7.14. The molecule has 1 atom stereocenters. The van der Waals surface area contributed by atoms with Gasteiger partial charge in [-0.3, -0.25) is 9.59 Å². The summed E-state index contributed by atoms with van der Waals surface area (Å²) in [5.41, 5.74) is 6.20. The van der Waals surface area contributed by atoms with Crippen molar-refractivity contribution >= 4 is 23.4 Å². The van der Waals surface area contributed by atoms with Gasteiger partial charge in [0.1, 0.15) is 6.04 Å². The number of piperidine rings is 1. The summed E-state index contributed by atoms with van der Waals surface area (Å²) in [6, 6.07) is 6.13. The quantitative estimate of drug-likeness (QED) is 0.854. The number of hydrogen-bond acceptors (Lipinski definition) is 3. The summed E-state index contributed by atoms with van der Waals surface area (Å²) in [5, 5.41) is 3.45. The van der Waals surface area contributed by atoms with Gasteiger partial charge in [0.25, 0.3) is 5.91 Å². The van der Waals surface area contributed by atoms with Crippen molar-refractivity contribution in [1.29, 1.82) is 0 Å². The van der Waals surface area contributed by atoms with E-state index >= 15 is 0 Å². The zero-order chi connectivity index (χ0) is 17.7. The predicted octanol–water partition coefficient (Wildman–Crippen LogP) is 2.29. The van der Waals surface area contributed by atoms with Gasteiger partial charge in [-0.25, -0.2) is 0 Å². The average Bonchev–Trinajstić information content (AvgIpc) is 2.59. The number of benzene rings is 1. The molecule has 0 spiro atoms. The van der Waals surface area contributed by atoms with Crippen molar-refractivity contribution in [2.24, 2.45) is 17.6 Å².